The molecule has 0 atom stereocenters. The Kier molecular flexibility index (Phi) is 3.35. The van der Waals surface area contributed by atoms with Crippen LogP contribution in [0.5, 0.6) is 0 Å². The first-order chi connectivity index (χ1) is 9.97. The van der Waals surface area contributed by atoms with Crippen molar-refractivity contribution in [2.75, 3.05) is 10.5 Å². The Morgan fingerprint density at radius 3 is 2.76 bits per heavy atom. The van der Waals surface area contributed by atoms with Crippen molar-refractivity contribution in [2.45, 2.75) is 11.8 Å². The van der Waals surface area contributed by atoms with Crippen LogP contribution in [0.25, 0.3) is 10.1 Å². The SMILES string of the molecule is Cc1c(N)cccc1S(=O)(=O)Nc1ccc2sccc2c1. The molecule has 0 radical (unpaired) electrons. The van der Waals surface area contributed by atoms with Crippen LogP contribution < -0.4 is 10.5 Å². The van der Waals surface area contributed by atoms with Crippen LogP contribution in [0, 0.1) is 6.92 Å². The zero-order chi connectivity index (χ0) is 15.0. The third-order valence-electron chi connectivity index (χ3n) is 3.32. The fourth-order valence-corrected chi connectivity index (χ4v) is 4.26. The Bertz CT molecular complexity index is 914. The van der Waals surface area contributed by atoms with Crippen molar-refractivity contribution in [1.82, 2.24) is 0 Å². The molecule has 0 bridgehead atoms. The van der Waals surface area contributed by atoms with Gasteiger partial charge in [0, 0.05) is 16.1 Å². The summed E-state index contributed by atoms with van der Waals surface area (Å²) in [4.78, 5) is 0.202. The van der Waals surface area contributed by atoms with E-state index in [9.17, 15) is 8.42 Å². The first-order valence-corrected chi connectivity index (χ1v) is 8.69. The zero-order valence-corrected chi connectivity index (χ0v) is 13.0. The normalized spacial score (nSPS) is 11.7. The van der Waals surface area contributed by atoms with Gasteiger partial charge in [-0.05, 0) is 59.7 Å². The summed E-state index contributed by atoms with van der Waals surface area (Å²) in [5.41, 5.74) is 7.35. The van der Waals surface area contributed by atoms with Crippen LogP contribution in [0.3, 0.4) is 0 Å². The average Bonchev–Trinajstić information content (AvgIpc) is 2.88. The van der Waals surface area contributed by atoms with E-state index in [1.807, 2.05) is 23.6 Å². The van der Waals surface area contributed by atoms with E-state index < -0.39 is 10.0 Å². The molecule has 0 spiro atoms. The molecule has 3 rings (SSSR count). The van der Waals surface area contributed by atoms with E-state index >= 15 is 0 Å². The minimum absolute atomic E-state index is 0.202. The van der Waals surface area contributed by atoms with Crippen LogP contribution in [-0.2, 0) is 10.0 Å². The van der Waals surface area contributed by atoms with Crippen molar-refractivity contribution in [3.05, 3.63) is 53.4 Å². The molecule has 21 heavy (non-hydrogen) atoms. The van der Waals surface area contributed by atoms with Gasteiger partial charge in [0.2, 0.25) is 0 Å². The van der Waals surface area contributed by atoms with Gasteiger partial charge in [-0.2, -0.15) is 0 Å². The molecule has 0 saturated carbocycles. The molecule has 0 saturated heterocycles. The van der Waals surface area contributed by atoms with Crippen LogP contribution in [-0.4, -0.2) is 8.42 Å². The van der Waals surface area contributed by atoms with Gasteiger partial charge < -0.3 is 5.73 Å². The molecule has 0 aliphatic carbocycles. The van der Waals surface area contributed by atoms with E-state index in [0.717, 1.165) is 10.1 Å². The lowest BCUT2D eigenvalue weighted by molar-refractivity contribution is 0.600. The predicted octanol–water partition coefficient (Wildman–Crippen LogP) is 3.59. The molecule has 0 amide bonds. The lowest BCUT2D eigenvalue weighted by Gasteiger charge is -2.11. The molecule has 0 fully saturated rings. The quantitative estimate of drug-likeness (QED) is 0.725. The molecular formula is C15H14N2O2S2. The Hall–Kier alpha value is -2.05. The fraction of sp³-hybridized carbons (Fsp3) is 0.0667. The monoisotopic (exact) mass is 318 g/mol. The average molecular weight is 318 g/mol. The Morgan fingerprint density at radius 2 is 1.95 bits per heavy atom. The number of fused-ring (bicyclic) bond motifs is 1. The highest BCUT2D eigenvalue weighted by Gasteiger charge is 2.18. The van der Waals surface area contributed by atoms with Gasteiger partial charge >= 0.3 is 0 Å². The molecule has 0 aliphatic rings. The number of rotatable bonds is 3. The number of sulfonamides is 1. The van der Waals surface area contributed by atoms with Crippen molar-refractivity contribution in [3.63, 3.8) is 0 Å². The summed E-state index contributed by atoms with van der Waals surface area (Å²) in [5.74, 6) is 0. The number of hydrogen-bond donors (Lipinski definition) is 2. The number of anilines is 2. The summed E-state index contributed by atoms with van der Waals surface area (Å²) < 4.78 is 28.7. The summed E-state index contributed by atoms with van der Waals surface area (Å²) in [6, 6.07) is 12.3. The van der Waals surface area contributed by atoms with Gasteiger partial charge in [0.25, 0.3) is 10.0 Å². The lowest BCUT2D eigenvalue weighted by Crippen LogP contribution is -2.14. The standard InChI is InChI=1S/C15H14N2O2S2/c1-10-13(16)3-2-4-15(10)21(18,19)17-12-5-6-14-11(9-12)7-8-20-14/h2-9,17H,16H2,1H3. The topological polar surface area (TPSA) is 72.2 Å². The van der Waals surface area contributed by atoms with Gasteiger partial charge in [0.05, 0.1) is 4.90 Å². The highest BCUT2D eigenvalue weighted by Crippen LogP contribution is 2.27. The lowest BCUT2D eigenvalue weighted by atomic mass is 10.2. The van der Waals surface area contributed by atoms with Crippen molar-refractivity contribution < 1.29 is 8.42 Å². The minimum Gasteiger partial charge on any atom is -0.398 e. The molecule has 2 aromatic carbocycles. The molecule has 0 unspecified atom stereocenters. The van der Waals surface area contributed by atoms with Crippen LogP contribution in [0.15, 0.2) is 52.7 Å². The van der Waals surface area contributed by atoms with E-state index in [2.05, 4.69) is 4.72 Å². The Morgan fingerprint density at radius 1 is 1.14 bits per heavy atom. The molecule has 108 valence electrons. The first-order valence-electron chi connectivity index (χ1n) is 6.32. The van der Waals surface area contributed by atoms with Gasteiger partial charge in [-0.25, -0.2) is 8.42 Å². The number of nitrogens with one attached hydrogen (secondary N) is 1. The zero-order valence-electron chi connectivity index (χ0n) is 11.3. The summed E-state index contributed by atoms with van der Waals surface area (Å²) in [6.07, 6.45) is 0. The maximum atomic E-state index is 12.5. The van der Waals surface area contributed by atoms with Crippen LogP contribution in [0.4, 0.5) is 11.4 Å². The number of nitrogens with two attached hydrogens (primary N) is 1. The van der Waals surface area contributed by atoms with E-state index in [0.29, 0.717) is 16.9 Å². The Balaban J connectivity index is 2.00. The summed E-state index contributed by atoms with van der Waals surface area (Å²) in [5, 5.41) is 3.00. The van der Waals surface area contributed by atoms with E-state index in [1.54, 1.807) is 42.5 Å². The largest absolute Gasteiger partial charge is 0.398 e. The summed E-state index contributed by atoms with van der Waals surface area (Å²) >= 11 is 1.62. The molecule has 1 heterocycles. The van der Waals surface area contributed by atoms with Gasteiger partial charge in [0.15, 0.2) is 0 Å². The third kappa shape index (κ3) is 2.59. The molecule has 1 aromatic heterocycles. The number of hydrogen-bond acceptors (Lipinski definition) is 4. The maximum Gasteiger partial charge on any atom is 0.262 e. The summed E-state index contributed by atoms with van der Waals surface area (Å²) in [7, 11) is -3.64. The molecule has 4 nitrogen and oxygen atoms in total. The first kappa shape index (κ1) is 13.9. The molecule has 3 N–H and O–H groups in total. The highest BCUT2D eigenvalue weighted by atomic mass is 32.2. The maximum absolute atomic E-state index is 12.5. The second-order valence-corrected chi connectivity index (χ2v) is 7.35. The summed E-state index contributed by atoms with van der Waals surface area (Å²) in [6.45, 7) is 1.70. The number of benzene rings is 2. The van der Waals surface area contributed by atoms with Crippen molar-refractivity contribution in [3.8, 4) is 0 Å². The van der Waals surface area contributed by atoms with Gasteiger partial charge in [-0.1, -0.05) is 6.07 Å². The molecule has 3 aromatic rings. The third-order valence-corrected chi connectivity index (χ3v) is 5.74. The van der Waals surface area contributed by atoms with Crippen LogP contribution >= 0.6 is 11.3 Å². The molecule has 0 aliphatic heterocycles. The highest BCUT2D eigenvalue weighted by molar-refractivity contribution is 7.92. The second kappa shape index (κ2) is 5.05. The van der Waals surface area contributed by atoms with Crippen molar-refractivity contribution >= 4 is 42.8 Å². The second-order valence-electron chi connectivity index (χ2n) is 4.75. The van der Waals surface area contributed by atoms with Crippen LogP contribution in [0.2, 0.25) is 0 Å². The van der Waals surface area contributed by atoms with Gasteiger partial charge in [0.1, 0.15) is 0 Å². The fourth-order valence-electron chi connectivity index (χ4n) is 2.16. The van der Waals surface area contributed by atoms with Crippen LogP contribution in [0.1, 0.15) is 5.56 Å². The number of thiophene rings is 1. The van der Waals surface area contributed by atoms with Crippen molar-refractivity contribution in [1.29, 1.82) is 0 Å². The van der Waals surface area contributed by atoms with E-state index in [1.165, 1.54) is 0 Å². The minimum atomic E-state index is -3.64. The Labute approximate surface area is 127 Å². The van der Waals surface area contributed by atoms with Crippen molar-refractivity contribution in [2.24, 2.45) is 0 Å². The molecular weight excluding hydrogens is 304 g/mol. The number of nitrogen functional groups attached to an aromatic ring is 1. The van der Waals surface area contributed by atoms with Gasteiger partial charge in [-0.15, -0.1) is 11.3 Å². The van der Waals surface area contributed by atoms with E-state index in [4.69, 9.17) is 5.73 Å². The predicted molar refractivity (Wildman–Crippen MR) is 88.2 cm³/mol. The smallest absolute Gasteiger partial charge is 0.262 e. The van der Waals surface area contributed by atoms with E-state index in [-0.39, 0.29) is 4.90 Å². The van der Waals surface area contributed by atoms with Gasteiger partial charge in [-0.3, -0.25) is 4.72 Å². The molecule has 6 heteroatoms.